The molecule has 0 aromatic carbocycles. The maximum Gasteiger partial charge on any atom is 0.277 e. The van der Waals surface area contributed by atoms with Crippen LogP contribution in [0, 0.1) is 5.92 Å². The number of aryl methyl sites for hydroxylation is 1. The summed E-state index contributed by atoms with van der Waals surface area (Å²) in [7, 11) is 3.95. The van der Waals surface area contributed by atoms with Crippen molar-refractivity contribution in [3.63, 3.8) is 0 Å². The Morgan fingerprint density at radius 3 is 2.88 bits per heavy atom. The first kappa shape index (κ1) is 21.4. The predicted molar refractivity (Wildman–Crippen MR) is 129 cm³/mol. The number of aromatic amines is 1. The van der Waals surface area contributed by atoms with Gasteiger partial charge in [0.1, 0.15) is 5.52 Å². The molecule has 5 rings (SSSR count). The normalized spacial score (nSPS) is 15.2. The molecule has 4 aromatic heterocycles. The van der Waals surface area contributed by atoms with Crippen LogP contribution in [0.1, 0.15) is 23.2 Å². The van der Waals surface area contributed by atoms with E-state index in [2.05, 4.69) is 37.6 Å². The van der Waals surface area contributed by atoms with Crippen molar-refractivity contribution in [2.45, 2.75) is 12.8 Å². The van der Waals surface area contributed by atoms with Crippen LogP contribution in [0.4, 0.5) is 10.9 Å². The van der Waals surface area contributed by atoms with Crippen LogP contribution < -0.4 is 16.2 Å². The van der Waals surface area contributed by atoms with Crippen LogP contribution in [0.15, 0.2) is 40.9 Å². The summed E-state index contributed by atoms with van der Waals surface area (Å²) in [6.07, 6.45) is 7.53. The third kappa shape index (κ3) is 4.55. The number of aromatic nitrogens is 5. The number of H-pyrrole nitrogens is 1. The van der Waals surface area contributed by atoms with Crippen LogP contribution in [0.25, 0.3) is 16.7 Å². The molecule has 0 atom stereocenters. The summed E-state index contributed by atoms with van der Waals surface area (Å²) < 4.78 is 3.44. The van der Waals surface area contributed by atoms with Gasteiger partial charge < -0.3 is 20.1 Å². The van der Waals surface area contributed by atoms with E-state index in [1.54, 1.807) is 33.8 Å². The molecule has 1 saturated heterocycles. The molecule has 0 radical (unpaired) electrons. The van der Waals surface area contributed by atoms with E-state index < -0.39 is 0 Å². The smallest absolute Gasteiger partial charge is 0.277 e. The number of hydrogen-bond donors (Lipinski definition) is 3. The quantitative estimate of drug-likeness (QED) is 0.402. The number of amides is 1. The van der Waals surface area contributed by atoms with Gasteiger partial charge in [-0.25, -0.2) is 4.98 Å². The average molecular weight is 467 g/mol. The number of hydrogen-bond acceptors (Lipinski definition) is 7. The molecule has 10 nitrogen and oxygen atoms in total. The highest BCUT2D eigenvalue weighted by Crippen LogP contribution is 2.24. The molecule has 172 valence electrons. The van der Waals surface area contributed by atoms with Gasteiger partial charge in [-0.2, -0.15) is 5.10 Å². The minimum absolute atomic E-state index is 0.0799. The van der Waals surface area contributed by atoms with Gasteiger partial charge in [0, 0.05) is 31.4 Å². The molecule has 0 unspecified atom stereocenters. The fraction of sp³-hybridized carbons (Fsp3) is 0.364. The van der Waals surface area contributed by atoms with E-state index in [1.165, 1.54) is 11.3 Å². The first-order valence-corrected chi connectivity index (χ1v) is 11.8. The van der Waals surface area contributed by atoms with Crippen molar-refractivity contribution in [1.82, 2.24) is 34.5 Å². The molecule has 5 heterocycles. The highest BCUT2D eigenvalue weighted by Gasteiger charge is 2.18. The van der Waals surface area contributed by atoms with Crippen molar-refractivity contribution in [2.75, 3.05) is 32.0 Å². The average Bonchev–Trinajstić information content (AvgIpc) is 3.53. The van der Waals surface area contributed by atoms with Crippen LogP contribution in [0.5, 0.6) is 0 Å². The predicted octanol–water partition coefficient (Wildman–Crippen LogP) is 2.32. The number of rotatable bonds is 6. The van der Waals surface area contributed by atoms with Crippen LogP contribution in [-0.4, -0.2) is 61.8 Å². The second-order valence-electron chi connectivity index (χ2n) is 8.49. The number of carbonyl (C=O) groups excluding carboxylic acids is 1. The number of likely N-dealkylation sites (tertiary alicyclic amines) is 1. The van der Waals surface area contributed by atoms with Crippen LogP contribution >= 0.6 is 11.3 Å². The van der Waals surface area contributed by atoms with E-state index in [0.29, 0.717) is 35.0 Å². The number of carbonyl (C=O) groups is 1. The summed E-state index contributed by atoms with van der Waals surface area (Å²) in [5, 5.41) is 12.9. The number of anilines is 2. The lowest BCUT2D eigenvalue weighted by Crippen LogP contribution is -2.36. The zero-order chi connectivity index (χ0) is 22.9. The van der Waals surface area contributed by atoms with Gasteiger partial charge in [0.05, 0.1) is 28.0 Å². The molecular weight excluding hydrogens is 440 g/mol. The van der Waals surface area contributed by atoms with Crippen LogP contribution in [0.3, 0.4) is 0 Å². The molecule has 1 fully saturated rings. The summed E-state index contributed by atoms with van der Waals surface area (Å²) in [5.41, 5.74) is 2.15. The van der Waals surface area contributed by atoms with Gasteiger partial charge in [-0.3, -0.25) is 19.3 Å². The standard InChI is InChI=1S/C22H26N8O2S/c1-28-6-3-14(4-7-28)10-23-20(31)15-9-18(33-13-15)26-22-25-17-5-8-30(19(17)21(32)27-22)16-11-24-29(2)12-16/h5,8-9,11-14H,3-4,6-7,10H2,1-2H3,(H,23,31)(H2,25,26,27,32). The number of nitrogens with one attached hydrogen (secondary N) is 3. The first-order valence-electron chi connectivity index (χ1n) is 10.9. The zero-order valence-electron chi connectivity index (χ0n) is 18.5. The largest absolute Gasteiger partial charge is 0.352 e. The first-order chi connectivity index (χ1) is 16.0. The summed E-state index contributed by atoms with van der Waals surface area (Å²) >= 11 is 1.39. The lowest BCUT2D eigenvalue weighted by molar-refractivity contribution is 0.0939. The molecule has 33 heavy (non-hydrogen) atoms. The molecule has 11 heteroatoms. The van der Waals surface area contributed by atoms with Gasteiger partial charge in [-0.1, -0.05) is 0 Å². The maximum atomic E-state index is 12.8. The van der Waals surface area contributed by atoms with Crippen LogP contribution in [-0.2, 0) is 7.05 Å². The Morgan fingerprint density at radius 1 is 1.30 bits per heavy atom. The zero-order valence-corrected chi connectivity index (χ0v) is 19.4. The van der Waals surface area contributed by atoms with Gasteiger partial charge in [0.2, 0.25) is 5.95 Å². The Bertz CT molecular complexity index is 1340. The summed E-state index contributed by atoms with van der Waals surface area (Å²) in [6, 6.07) is 3.57. The summed E-state index contributed by atoms with van der Waals surface area (Å²) in [4.78, 5) is 35.0. The van der Waals surface area contributed by atoms with Crippen molar-refractivity contribution in [2.24, 2.45) is 13.0 Å². The van der Waals surface area contributed by atoms with E-state index in [9.17, 15) is 9.59 Å². The van der Waals surface area contributed by atoms with Gasteiger partial charge in [-0.15, -0.1) is 11.3 Å². The lowest BCUT2D eigenvalue weighted by atomic mass is 9.97. The summed E-state index contributed by atoms with van der Waals surface area (Å²) in [6.45, 7) is 2.85. The Morgan fingerprint density at radius 2 is 2.12 bits per heavy atom. The maximum absolute atomic E-state index is 12.8. The Labute approximate surface area is 194 Å². The van der Waals surface area contributed by atoms with Crippen molar-refractivity contribution < 1.29 is 4.79 Å². The van der Waals surface area contributed by atoms with E-state index in [4.69, 9.17) is 0 Å². The van der Waals surface area contributed by atoms with Gasteiger partial charge in [0.25, 0.3) is 11.5 Å². The third-order valence-corrected chi connectivity index (χ3v) is 6.85. The van der Waals surface area contributed by atoms with Gasteiger partial charge in [-0.05, 0) is 51.0 Å². The minimum atomic E-state index is -0.260. The molecule has 0 saturated carbocycles. The SMILES string of the molecule is CN1CCC(CNC(=O)c2csc(Nc3nc4ccn(-c5cnn(C)c5)c4c(=O)[nH]3)c2)CC1. The molecule has 0 aliphatic carbocycles. The van der Waals surface area contributed by atoms with Gasteiger partial charge in [0.15, 0.2) is 0 Å². The molecular formula is C22H26N8O2S. The molecule has 3 N–H and O–H groups in total. The van der Waals surface area contributed by atoms with Gasteiger partial charge >= 0.3 is 0 Å². The molecule has 0 bridgehead atoms. The van der Waals surface area contributed by atoms with E-state index >= 15 is 0 Å². The number of fused-ring (bicyclic) bond motifs is 1. The Kier molecular flexibility index (Phi) is 5.73. The number of piperidine rings is 1. The lowest BCUT2D eigenvalue weighted by Gasteiger charge is -2.28. The topological polar surface area (TPSA) is 113 Å². The van der Waals surface area contributed by atoms with Crippen molar-refractivity contribution in [3.8, 4) is 5.69 Å². The Balaban J connectivity index is 1.27. The molecule has 1 aliphatic heterocycles. The van der Waals surface area contributed by atoms with E-state index in [-0.39, 0.29) is 11.5 Å². The Hall–Kier alpha value is -3.44. The number of nitrogens with zero attached hydrogens (tertiary/aromatic N) is 5. The van der Waals surface area contributed by atoms with Crippen LogP contribution in [0.2, 0.25) is 0 Å². The highest BCUT2D eigenvalue weighted by atomic mass is 32.1. The fourth-order valence-corrected chi connectivity index (χ4v) is 4.88. The third-order valence-electron chi connectivity index (χ3n) is 6.01. The molecule has 1 aliphatic rings. The molecule has 0 spiro atoms. The molecule has 1 amide bonds. The fourth-order valence-electron chi connectivity index (χ4n) is 4.10. The summed E-state index contributed by atoms with van der Waals surface area (Å²) in [5.74, 6) is 0.779. The number of thiophene rings is 1. The van der Waals surface area contributed by atoms with Crippen molar-refractivity contribution >= 4 is 39.2 Å². The van der Waals surface area contributed by atoms with E-state index in [0.717, 1.165) is 36.6 Å². The second kappa shape index (κ2) is 8.83. The highest BCUT2D eigenvalue weighted by molar-refractivity contribution is 7.14. The molecule has 4 aromatic rings. The monoisotopic (exact) mass is 466 g/mol. The van der Waals surface area contributed by atoms with E-state index in [1.807, 2.05) is 18.6 Å². The van der Waals surface area contributed by atoms with Crippen molar-refractivity contribution in [1.29, 1.82) is 0 Å². The second-order valence-corrected chi connectivity index (χ2v) is 9.40. The van der Waals surface area contributed by atoms with Crippen molar-refractivity contribution in [3.05, 3.63) is 52.0 Å². The minimum Gasteiger partial charge on any atom is -0.352 e.